The van der Waals surface area contributed by atoms with Crippen LogP contribution in [0.2, 0.25) is 0 Å². The largest absolute Gasteiger partial charge is 0.333 e. The van der Waals surface area contributed by atoms with Crippen molar-refractivity contribution in [2.45, 2.75) is 39.8 Å². The highest BCUT2D eigenvalue weighted by atomic mass is 15.1. The van der Waals surface area contributed by atoms with Crippen LogP contribution in [0.1, 0.15) is 43.3 Å². The Balaban J connectivity index is 2.40. The van der Waals surface area contributed by atoms with E-state index >= 15 is 0 Å². The monoisotopic (exact) mass is 258 g/mol. The molecule has 2 rings (SSSR count). The number of hydrogen-bond donors (Lipinski definition) is 1. The van der Waals surface area contributed by atoms with Crippen molar-refractivity contribution in [2.75, 3.05) is 6.54 Å². The second-order valence-corrected chi connectivity index (χ2v) is 4.70. The summed E-state index contributed by atoms with van der Waals surface area (Å²) in [5, 5.41) is 3.53. The van der Waals surface area contributed by atoms with Gasteiger partial charge >= 0.3 is 0 Å². The molecular formula is C15H22N4. The van der Waals surface area contributed by atoms with Crippen LogP contribution < -0.4 is 5.32 Å². The van der Waals surface area contributed by atoms with Crippen LogP contribution in [-0.2, 0) is 6.54 Å². The van der Waals surface area contributed by atoms with Gasteiger partial charge in [0.2, 0.25) is 0 Å². The highest BCUT2D eigenvalue weighted by molar-refractivity contribution is 5.30. The minimum absolute atomic E-state index is 0.134. The van der Waals surface area contributed by atoms with Gasteiger partial charge in [-0.3, -0.25) is 4.98 Å². The molecule has 0 aromatic carbocycles. The third-order valence-electron chi connectivity index (χ3n) is 3.25. The van der Waals surface area contributed by atoms with Gasteiger partial charge in [0, 0.05) is 31.3 Å². The van der Waals surface area contributed by atoms with Crippen LogP contribution in [0.4, 0.5) is 0 Å². The molecule has 0 radical (unpaired) electrons. The Hall–Kier alpha value is -1.68. The number of rotatable bonds is 6. The lowest BCUT2D eigenvalue weighted by Crippen LogP contribution is -2.26. The summed E-state index contributed by atoms with van der Waals surface area (Å²) in [6.45, 7) is 8.31. The summed E-state index contributed by atoms with van der Waals surface area (Å²) in [6, 6.07) is 2.21. The average molecular weight is 258 g/mol. The number of nitrogens with zero attached hydrogens (tertiary/aromatic N) is 3. The minimum Gasteiger partial charge on any atom is -0.333 e. The second-order valence-electron chi connectivity index (χ2n) is 4.70. The molecule has 2 heterocycles. The molecule has 1 unspecified atom stereocenters. The van der Waals surface area contributed by atoms with Crippen molar-refractivity contribution in [3.05, 3.63) is 47.8 Å². The smallest absolute Gasteiger partial charge is 0.130 e. The molecule has 0 saturated heterocycles. The quantitative estimate of drug-likeness (QED) is 0.866. The minimum atomic E-state index is 0.134. The highest BCUT2D eigenvalue weighted by Gasteiger charge is 2.19. The Labute approximate surface area is 114 Å². The summed E-state index contributed by atoms with van der Waals surface area (Å²) in [6.07, 6.45) is 8.80. The van der Waals surface area contributed by atoms with E-state index in [4.69, 9.17) is 0 Å². The third kappa shape index (κ3) is 3.01. The van der Waals surface area contributed by atoms with Gasteiger partial charge in [-0.05, 0) is 37.1 Å². The molecule has 0 spiro atoms. The normalized spacial score (nSPS) is 12.6. The Morgan fingerprint density at radius 1 is 1.32 bits per heavy atom. The maximum absolute atomic E-state index is 4.55. The molecule has 4 nitrogen and oxygen atoms in total. The van der Waals surface area contributed by atoms with Crippen LogP contribution in [-0.4, -0.2) is 21.1 Å². The number of imidazole rings is 1. The molecule has 19 heavy (non-hydrogen) atoms. The topological polar surface area (TPSA) is 42.7 Å². The third-order valence-corrected chi connectivity index (χ3v) is 3.25. The van der Waals surface area contributed by atoms with Crippen molar-refractivity contribution in [1.82, 2.24) is 19.9 Å². The van der Waals surface area contributed by atoms with Crippen molar-refractivity contribution >= 4 is 0 Å². The van der Waals surface area contributed by atoms with Crippen LogP contribution in [0.25, 0.3) is 0 Å². The molecule has 1 atom stereocenters. The van der Waals surface area contributed by atoms with E-state index in [1.807, 2.05) is 18.6 Å². The van der Waals surface area contributed by atoms with Crippen LogP contribution in [0.5, 0.6) is 0 Å². The van der Waals surface area contributed by atoms with Gasteiger partial charge in [0.05, 0.1) is 6.04 Å². The number of nitrogens with one attached hydrogen (secondary N) is 1. The first-order chi connectivity index (χ1) is 9.27. The van der Waals surface area contributed by atoms with Gasteiger partial charge in [0.15, 0.2) is 0 Å². The fourth-order valence-electron chi connectivity index (χ4n) is 2.36. The van der Waals surface area contributed by atoms with E-state index in [1.165, 1.54) is 11.1 Å². The van der Waals surface area contributed by atoms with Gasteiger partial charge in [-0.15, -0.1) is 0 Å². The first-order valence-corrected chi connectivity index (χ1v) is 6.92. The molecule has 0 aliphatic heterocycles. The standard InChI is InChI=1S/C15H22N4/c1-4-9-19-10-8-18-15(19)14(17-5-2)13-6-7-16-11-12(13)3/h6-8,10-11,14,17H,4-5,9H2,1-3H3. The summed E-state index contributed by atoms with van der Waals surface area (Å²) in [4.78, 5) is 8.72. The Morgan fingerprint density at radius 2 is 2.16 bits per heavy atom. The molecule has 0 fully saturated rings. The molecule has 0 bridgehead atoms. The van der Waals surface area contributed by atoms with Crippen molar-refractivity contribution in [1.29, 1.82) is 0 Å². The lowest BCUT2D eigenvalue weighted by molar-refractivity contribution is 0.542. The first-order valence-electron chi connectivity index (χ1n) is 6.92. The number of aryl methyl sites for hydroxylation is 2. The van der Waals surface area contributed by atoms with E-state index in [0.29, 0.717) is 0 Å². The molecule has 4 heteroatoms. The predicted octanol–water partition coefficient (Wildman–Crippen LogP) is 2.70. The maximum atomic E-state index is 4.55. The van der Waals surface area contributed by atoms with Gasteiger partial charge in [-0.2, -0.15) is 0 Å². The van der Waals surface area contributed by atoms with Crippen LogP contribution >= 0.6 is 0 Å². The van der Waals surface area contributed by atoms with Crippen molar-refractivity contribution < 1.29 is 0 Å². The lowest BCUT2D eigenvalue weighted by atomic mass is 10.0. The molecule has 0 aliphatic carbocycles. The van der Waals surface area contributed by atoms with E-state index in [0.717, 1.165) is 25.3 Å². The van der Waals surface area contributed by atoms with E-state index in [9.17, 15) is 0 Å². The van der Waals surface area contributed by atoms with Gasteiger partial charge in [0.1, 0.15) is 5.82 Å². The molecule has 102 valence electrons. The number of hydrogen-bond acceptors (Lipinski definition) is 3. The Bertz CT molecular complexity index is 518. The van der Waals surface area contributed by atoms with E-state index in [1.54, 1.807) is 0 Å². The van der Waals surface area contributed by atoms with Gasteiger partial charge in [-0.25, -0.2) is 4.98 Å². The van der Waals surface area contributed by atoms with Crippen molar-refractivity contribution in [3.63, 3.8) is 0 Å². The highest BCUT2D eigenvalue weighted by Crippen LogP contribution is 2.23. The summed E-state index contributed by atoms with van der Waals surface area (Å²) in [5.74, 6) is 1.08. The fraction of sp³-hybridized carbons (Fsp3) is 0.467. The summed E-state index contributed by atoms with van der Waals surface area (Å²) in [5.41, 5.74) is 2.44. The van der Waals surface area contributed by atoms with Gasteiger partial charge in [-0.1, -0.05) is 13.8 Å². The molecule has 0 amide bonds. The van der Waals surface area contributed by atoms with Gasteiger partial charge in [0.25, 0.3) is 0 Å². The first kappa shape index (κ1) is 13.7. The zero-order valence-corrected chi connectivity index (χ0v) is 11.9. The zero-order valence-electron chi connectivity index (χ0n) is 11.9. The van der Waals surface area contributed by atoms with E-state index < -0.39 is 0 Å². The number of aromatic nitrogens is 3. The van der Waals surface area contributed by atoms with Crippen molar-refractivity contribution in [3.8, 4) is 0 Å². The van der Waals surface area contributed by atoms with Crippen LogP contribution in [0.15, 0.2) is 30.9 Å². The van der Waals surface area contributed by atoms with Gasteiger partial charge < -0.3 is 9.88 Å². The van der Waals surface area contributed by atoms with E-state index in [-0.39, 0.29) is 6.04 Å². The molecule has 2 aromatic heterocycles. The fourth-order valence-corrected chi connectivity index (χ4v) is 2.36. The van der Waals surface area contributed by atoms with Crippen LogP contribution in [0.3, 0.4) is 0 Å². The molecular weight excluding hydrogens is 236 g/mol. The molecule has 2 aromatic rings. The van der Waals surface area contributed by atoms with Crippen LogP contribution in [0, 0.1) is 6.92 Å². The van der Waals surface area contributed by atoms with E-state index in [2.05, 4.69) is 52.9 Å². The zero-order chi connectivity index (χ0) is 13.7. The summed E-state index contributed by atoms with van der Waals surface area (Å²) < 4.78 is 2.23. The predicted molar refractivity (Wildman–Crippen MR) is 77.0 cm³/mol. The molecule has 1 N–H and O–H groups in total. The average Bonchev–Trinajstić information content (AvgIpc) is 2.86. The molecule has 0 aliphatic rings. The maximum Gasteiger partial charge on any atom is 0.130 e. The Kier molecular flexibility index (Phi) is 4.68. The summed E-state index contributed by atoms with van der Waals surface area (Å²) in [7, 11) is 0. The molecule has 0 saturated carbocycles. The summed E-state index contributed by atoms with van der Waals surface area (Å²) >= 11 is 0. The second kappa shape index (κ2) is 6.48. The lowest BCUT2D eigenvalue weighted by Gasteiger charge is -2.21. The SMILES string of the molecule is CCCn1ccnc1C(NCC)c1ccncc1C. The number of pyridine rings is 1. The Morgan fingerprint density at radius 3 is 2.84 bits per heavy atom. The van der Waals surface area contributed by atoms with Crippen molar-refractivity contribution in [2.24, 2.45) is 0 Å².